The third kappa shape index (κ3) is 5.44. The lowest BCUT2D eigenvalue weighted by Gasteiger charge is -2.12. The van der Waals surface area contributed by atoms with E-state index in [9.17, 15) is 14.0 Å². The molecule has 2 rings (SSSR count). The first kappa shape index (κ1) is 19.2. The third-order valence-corrected chi connectivity index (χ3v) is 3.41. The third-order valence-electron chi connectivity index (χ3n) is 3.41. The Labute approximate surface area is 151 Å². The number of anilines is 1. The highest BCUT2D eigenvalue weighted by Crippen LogP contribution is 2.19. The van der Waals surface area contributed by atoms with Crippen LogP contribution in [0.15, 0.2) is 54.6 Å². The fraction of sp³-hybridized carbons (Fsp3) is 0.200. The Morgan fingerprint density at radius 2 is 1.85 bits per heavy atom. The van der Waals surface area contributed by atoms with Crippen molar-refractivity contribution in [1.82, 2.24) is 0 Å². The van der Waals surface area contributed by atoms with Gasteiger partial charge >= 0.3 is 5.97 Å². The van der Waals surface area contributed by atoms with Crippen LogP contribution in [0.1, 0.15) is 19.4 Å². The van der Waals surface area contributed by atoms with Crippen molar-refractivity contribution in [3.8, 4) is 5.75 Å². The van der Waals surface area contributed by atoms with Gasteiger partial charge in [0.05, 0.1) is 12.3 Å². The second-order valence-electron chi connectivity index (χ2n) is 5.35. The normalized spacial score (nSPS) is 11.8. The lowest BCUT2D eigenvalue weighted by Crippen LogP contribution is -2.29. The summed E-state index contributed by atoms with van der Waals surface area (Å²) in [4.78, 5) is 23.9. The van der Waals surface area contributed by atoms with Crippen molar-refractivity contribution in [2.45, 2.75) is 20.0 Å². The smallest absolute Gasteiger partial charge is 0.331 e. The number of benzene rings is 2. The maximum atomic E-state index is 13.5. The van der Waals surface area contributed by atoms with E-state index in [1.807, 2.05) is 19.1 Å². The second-order valence-corrected chi connectivity index (χ2v) is 5.35. The van der Waals surface area contributed by atoms with Gasteiger partial charge in [-0.3, -0.25) is 4.79 Å². The summed E-state index contributed by atoms with van der Waals surface area (Å²) in [5, 5.41) is 2.38. The average Bonchev–Trinajstić information content (AvgIpc) is 2.63. The fourth-order valence-electron chi connectivity index (χ4n) is 2.13. The van der Waals surface area contributed by atoms with Gasteiger partial charge in [-0.05, 0) is 38.1 Å². The monoisotopic (exact) mass is 357 g/mol. The van der Waals surface area contributed by atoms with Gasteiger partial charge in [-0.2, -0.15) is 0 Å². The number of amides is 1. The number of esters is 1. The molecule has 0 radical (unpaired) electrons. The zero-order chi connectivity index (χ0) is 18.9. The molecule has 0 aliphatic carbocycles. The van der Waals surface area contributed by atoms with Crippen molar-refractivity contribution in [1.29, 1.82) is 0 Å². The second kappa shape index (κ2) is 9.36. The van der Waals surface area contributed by atoms with Crippen LogP contribution in [-0.2, 0) is 14.3 Å². The van der Waals surface area contributed by atoms with Crippen molar-refractivity contribution in [3.05, 3.63) is 66.0 Å². The van der Waals surface area contributed by atoms with Gasteiger partial charge in [0.2, 0.25) is 0 Å². The van der Waals surface area contributed by atoms with E-state index in [2.05, 4.69) is 5.32 Å². The van der Waals surface area contributed by atoms with Gasteiger partial charge < -0.3 is 14.8 Å². The molecule has 1 amide bonds. The maximum absolute atomic E-state index is 13.5. The van der Waals surface area contributed by atoms with Gasteiger partial charge in [0, 0.05) is 11.6 Å². The molecule has 2 aromatic carbocycles. The average molecular weight is 357 g/mol. The van der Waals surface area contributed by atoms with Gasteiger partial charge in [0.15, 0.2) is 6.10 Å². The first-order valence-corrected chi connectivity index (χ1v) is 8.17. The molecule has 2 aromatic rings. The Balaban J connectivity index is 1.94. The predicted molar refractivity (Wildman–Crippen MR) is 97.2 cm³/mol. The van der Waals surface area contributed by atoms with E-state index in [0.717, 1.165) is 5.56 Å². The zero-order valence-corrected chi connectivity index (χ0v) is 14.6. The number of carbonyl (C=O) groups is 2. The Morgan fingerprint density at radius 1 is 1.15 bits per heavy atom. The number of para-hydroxylation sites is 2. The van der Waals surface area contributed by atoms with Crippen molar-refractivity contribution in [2.75, 3.05) is 11.9 Å². The van der Waals surface area contributed by atoms with E-state index in [4.69, 9.17) is 9.47 Å². The van der Waals surface area contributed by atoms with Gasteiger partial charge in [0.25, 0.3) is 5.91 Å². The molecular weight excluding hydrogens is 337 g/mol. The van der Waals surface area contributed by atoms with Crippen LogP contribution in [0.3, 0.4) is 0 Å². The molecule has 5 nitrogen and oxygen atoms in total. The Bertz CT molecular complexity index is 804. The largest absolute Gasteiger partial charge is 0.493 e. The first-order valence-electron chi connectivity index (χ1n) is 8.17. The molecule has 0 heterocycles. The van der Waals surface area contributed by atoms with Crippen LogP contribution in [0.4, 0.5) is 10.1 Å². The van der Waals surface area contributed by atoms with Gasteiger partial charge in [-0.15, -0.1) is 0 Å². The summed E-state index contributed by atoms with van der Waals surface area (Å²) >= 11 is 0. The topological polar surface area (TPSA) is 64.6 Å². The molecule has 0 saturated heterocycles. The molecule has 136 valence electrons. The lowest BCUT2D eigenvalue weighted by atomic mass is 10.2. The minimum Gasteiger partial charge on any atom is -0.493 e. The number of nitrogens with one attached hydrogen (secondary N) is 1. The number of ether oxygens (including phenoxy) is 2. The molecule has 1 N–H and O–H groups in total. The van der Waals surface area contributed by atoms with Gasteiger partial charge in [-0.1, -0.05) is 30.3 Å². The van der Waals surface area contributed by atoms with Crippen LogP contribution in [0.5, 0.6) is 5.75 Å². The van der Waals surface area contributed by atoms with Gasteiger partial charge in [-0.25, -0.2) is 9.18 Å². The number of carbonyl (C=O) groups excluding carboxylic acids is 2. The summed E-state index contributed by atoms with van der Waals surface area (Å²) in [6.07, 6.45) is 1.69. The molecule has 0 aromatic heterocycles. The fourth-order valence-corrected chi connectivity index (χ4v) is 2.13. The van der Waals surface area contributed by atoms with Crippen LogP contribution in [-0.4, -0.2) is 24.6 Å². The van der Waals surface area contributed by atoms with Crippen molar-refractivity contribution >= 4 is 23.6 Å². The van der Waals surface area contributed by atoms with E-state index in [-0.39, 0.29) is 5.69 Å². The van der Waals surface area contributed by atoms with Crippen LogP contribution in [0, 0.1) is 5.82 Å². The molecule has 6 heteroatoms. The molecule has 0 aliphatic rings. The molecule has 0 saturated carbocycles. The Hall–Kier alpha value is -3.15. The van der Waals surface area contributed by atoms with Crippen molar-refractivity contribution in [2.24, 2.45) is 0 Å². The van der Waals surface area contributed by atoms with E-state index in [0.29, 0.717) is 12.4 Å². The molecule has 0 aliphatic heterocycles. The SMILES string of the molecule is CCOc1ccccc1/C=C/C(=O)O[C@H](C)C(=O)Nc1ccccc1F. The number of rotatable bonds is 7. The molecule has 0 unspecified atom stereocenters. The van der Waals surface area contributed by atoms with Gasteiger partial charge in [0.1, 0.15) is 11.6 Å². The number of hydrogen-bond acceptors (Lipinski definition) is 4. The highest BCUT2D eigenvalue weighted by atomic mass is 19.1. The Kier molecular flexibility index (Phi) is 6.91. The number of halogens is 1. The highest BCUT2D eigenvalue weighted by molar-refractivity contribution is 5.96. The summed E-state index contributed by atoms with van der Waals surface area (Å²) in [5.41, 5.74) is 0.747. The summed E-state index contributed by atoms with van der Waals surface area (Å²) < 4.78 is 24.0. The molecule has 1 atom stereocenters. The molecule has 26 heavy (non-hydrogen) atoms. The standard InChI is InChI=1S/C20H20FNO4/c1-3-25-18-11-7-4-8-15(18)12-13-19(23)26-14(2)20(24)22-17-10-6-5-9-16(17)21/h4-14H,3H2,1-2H3,(H,22,24)/b13-12+/t14-/m1/s1. The summed E-state index contributed by atoms with van der Waals surface area (Å²) in [5.74, 6) is -1.23. The summed E-state index contributed by atoms with van der Waals surface area (Å²) in [6, 6.07) is 13.0. The van der Waals surface area contributed by atoms with E-state index in [1.165, 1.54) is 31.2 Å². The molecule has 0 spiro atoms. The maximum Gasteiger partial charge on any atom is 0.331 e. The van der Waals surface area contributed by atoms with Crippen molar-refractivity contribution < 1.29 is 23.5 Å². The van der Waals surface area contributed by atoms with Crippen LogP contribution in [0.25, 0.3) is 6.08 Å². The number of hydrogen-bond donors (Lipinski definition) is 1. The zero-order valence-electron chi connectivity index (χ0n) is 14.6. The molecule has 0 bridgehead atoms. The van der Waals surface area contributed by atoms with Crippen molar-refractivity contribution in [3.63, 3.8) is 0 Å². The summed E-state index contributed by atoms with van der Waals surface area (Å²) in [6.45, 7) is 3.78. The Morgan fingerprint density at radius 3 is 2.58 bits per heavy atom. The quantitative estimate of drug-likeness (QED) is 0.605. The van der Waals surface area contributed by atoms with Crippen LogP contribution in [0.2, 0.25) is 0 Å². The minimum atomic E-state index is -1.08. The van der Waals surface area contributed by atoms with Crippen LogP contribution >= 0.6 is 0 Å². The molecular formula is C20H20FNO4. The van der Waals surface area contributed by atoms with Crippen LogP contribution < -0.4 is 10.1 Å². The minimum absolute atomic E-state index is 0.0292. The first-order chi connectivity index (χ1) is 12.5. The van der Waals surface area contributed by atoms with E-state index < -0.39 is 23.8 Å². The highest BCUT2D eigenvalue weighted by Gasteiger charge is 2.17. The van der Waals surface area contributed by atoms with E-state index >= 15 is 0 Å². The summed E-state index contributed by atoms with van der Waals surface area (Å²) in [7, 11) is 0. The lowest BCUT2D eigenvalue weighted by molar-refractivity contribution is -0.148. The molecule has 0 fully saturated rings. The van der Waals surface area contributed by atoms with E-state index in [1.54, 1.807) is 24.3 Å². The predicted octanol–water partition coefficient (Wildman–Crippen LogP) is 3.81.